The zero-order valence-electron chi connectivity index (χ0n) is 14.0. The smallest absolute Gasteiger partial charge is 0.189 e. The molecule has 0 atom stereocenters. The van der Waals surface area contributed by atoms with Crippen LogP contribution in [0.3, 0.4) is 0 Å². The van der Waals surface area contributed by atoms with Crippen LogP contribution < -0.4 is 25.3 Å². The summed E-state index contributed by atoms with van der Waals surface area (Å²) in [5, 5.41) is 3.11. The molecular formula is C15H26IN3O3. The van der Waals surface area contributed by atoms with E-state index >= 15 is 0 Å². The van der Waals surface area contributed by atoms with Gasteiger partial charge in [0.25, 0.3) is 0 Å². The number of nitrogens with one attached hydrogen (secondary N) is 1. The number of hydrogen-bond acceptors (Lipinski definition) is 4. The number of benzene rings is 1. The summed E-state index contributed by atoms with van der Waals surface area (Å²) in [5.74, 6) is 2.31. The van der Waals surface area contributed by atoms with Crippen molar-refractivity contribution in [3.05, 3.63) is 17.7 Å². The third kappa shape index (κ3) is 6.17. The molecule has 0 aliphatic heterocycles. The van der Waals surface area contributed by atoms with Gasteiger partial charge in [-0.2, -0.15) is 0 Å². The van der Waals surface area contributed by atoms with Gasteiger partial charge in [-0.15, -0.1) is 24.0 Å². The van der Waals surface area contributed by atoms with Crippen LogP contribution in [0.1, 0.15) is 26.3 Å². The van der Waals surface area contributed by atoms with E-state index in [2.05, 4.69) is 10.3 Å². The summed E-state index contributed by atoms with van der Waals surface area (Å²) in [5.41, 5.74) is 6.61. The molecule has 0 aromatic heterocycles. The molecule has 0 radical (unpaired) electrons. The first-order valence-corrected chi connectivity index (χ1v) is 6.67. The second-order valence-electron chi connectivity index (χ2n) is 5.60. The van der Waals surface area contributed by atoms with Gasteiger partial charge in [0.1, 0.15) is 5.75 Å². The Labute approximate surface area is 149 Å². The highest BCUT2D eigenvalue weighted by molar-refractivity contribution is 14.0. The molecule has 0 spiro atoms. The van der Waals surface area contributed by atoms with E-state index in [0.717, 1.165) is 5.56 Å². The van der Waals surface area contributed by atoms with Crippen LogP contribution >= 0.6 is 24.0 Å². The van der Waals surface area contributed by atoms with Gasteiger partial charge in [0, 0.05) is 17.2 Å². The number of aliphatic imine (C=N–C) groups is 1. The molecule has 0 heterocycles. The lowest BCUT2D eigenvalue weighted by atomic mass is 10.1. The Morgan fingerprint density at radius 3 is 2.00 bits per heavy atom. The predicted octanol–water partition coefficient (Wildman–Crippen LogP) is 2.53. The SMILES string of the molecule is COc1cc(OC)c(OC)cc1CN=C(N)NC(C)(C)C.I. The lowest BCUT2D eigenvalue weighted by Gasteiger charge is -2.21. The molecule has 1 rings (SSSR count). The minimum Gasteiger partial charge on any atom is -0.496 e. The first kappa shape index (κ1) is 20.6. The Morgan fingerprint density at radius 1 is 1.05 bits per heavy atom. The summed E-state index contributed by atoms with van der Waals surface area (Å²) < 4.78 is 15.9. The second kappa shape index (κ2) is 8.92. The lowest BCUT2D eigenvalue weighted by molar-refractivity contribution is 0.347. The molecule has 0 aliphatic rings. The van der Waals surface area contributed by atoms with Crippen molar-refractivity contribution < 1.29 is 14.2 Å². The highest BCUT2D eigenvalue weighted by Crippen LogP contribution is 2.34. The van der Waals surface area contributed by atoms with E-state index in [0.29, 0.717) is 29.8 Å². The summed E-state index contributed by atoms with van der Waals surface area (Å²) in [7, 11) is 4.78. The molecule has 22 heavy (non-hydrogen) atoms. The lowest BCUT2D eigenvalue weighted by Crippen LogP contribution is -2.44. The number of nitrogens with two attached hydrogens (primary N) is 1. The fourth-order valence-electron chi connectivity index (χ4n) is 1.81. The van der Waals surface area contributed by atoms with Gasteiger partial charge < -0.3 is 25.3 Å². The van der Waals surface area contributed by atoms with Gasteiger partial charge in [0.05, 0.1) is 27.9 Å². The number of ether oxygens (including phenoxy) is 3. The minimum absolute atomic E-state index is 0. The number of nitrogens with zero attached hydrogens (tertiary/aromatic N) is 1. The average molecular weight is 423 g/mol. The molecule has 0 saturated carbocycles. The normalized spacial score (nSPS) is 11.5. The van der Waals surface area contributed by atoms with E-state index in [1.54, 1.807) is 27.4 Å². The van der Waals surface area contributed by atoms with Gasteiger partial charge in [-0.1, -0.05) is 0 Å². The minimum atomic E-state index is -0.130. The van der Waals surface area contributed by atoms with E-state index in [-0.39, 0.29) is 29.5 Å². The molecule has 0 aliphatic carbocycles. The zero-order valence-corrected chi connectivity index (χ0v) is 16.3. The molecule has 0 fully saturated rings. The zero-order chi connectivity index (χ0) is 16.0. The van der Waals surface area contributed by atoms with Gasteiger partial charge in [-0.25, -0.2) is 4.99 Å². The second-order valence-corrected chi connectivity index (χ2v) is 5.60. The summed E-state index contributed by atoms with van der Waals surface area (Å²) in [6, 6.07) is 3.61. The third-order valence-electron chi connectivity index (χ3n) is 2.71. The topological polar surface area (TPSA) is 78.1 Å². The van der Waals surface area contributed by atoms with Crippen LogP contribution in [0.25, 0.3) is 0 Å². The van der Waals surface area contributed by atoms with Crippen molar-refractivity contribution in [2.75, 3.05) is 21.3 Å². The Morgan fingerprint density at radius 2 is 1.55 bits per heavy atom. The van der Waals surface area contributed by atoms with Crippen LogP contribution in [0, 0.1) is 0 Å². The molecule has 126 valence electrons. The summed E-state index contributed by atoms with van der Waals surface area (Å²) in [6.45, 7) is 6.45. The first-order valence-electron chi connectivity index (χ1n) is 6.67. The molecule has 1 aromatic carbocycles. The molecule has 6 nitrogen and oxygen atoms in total. The third-order valence-corrected chi connectivity index (χ3v) is 2.71. The van der Waals surface area contributed by atoms with E-state index < -0.39 is 0 Å². The molecule has 0 amide bonds. The fourth-order valence-corrected chi connectivity index (χ4v) is 1.81. The maximum absolute atomic E-state index is 5.87. The monoisotopic (exact) mass is 423 g/mol. The van der Waals surface area contributed by atoms with Crippen LogP contribution in [0.2, 0.25) is 0 Å². The maximum Gasteiger partial charge on any atom is 0.189 e. The molecule has 1 aromatic rings. The predicted molar refractivity (Wildman–Crippen MR) is 99.7 cm³/mol. The average Bonchev–Trinajstić information content (AvgIpc) is 2.42. The summed E-state index contributed by atoms with van der Waals surface area (Å²) >= 11 is 0. The Bertz CT molecular complexity index is 513. The van der Waals surface area contributed by atoms with Gasteiger partial charge >= 0.3 is 0 Å². The van der Waals surface area contributed by atoms with Crippen LogP contribution in [0.4, 0.5) is 0 Å². The molecular weight excluding hydrogens is 397 g/mol. The highest BCUT2D eigenvalue weighted by atomic mass is 127. The molecule has 3 N–H and O–H groups in total. The van der Waals surface area contributed by atoms with Crippen molar-refractivity contribution in [3.8, 4) is 17.2 Å². The first-order chi connectivity index (χ1) is 9.80. The van der Waals surface area contributed by atoms with Crippen molar-refractivity contribution in [3.63, 3.8) is 0 Å². The van der Waals surface area contributed by atoms with Gasteiger partial charge in [-0.05, 0) is 26.8 Å². The van der Waals surface area contributed by atoms with Crippen molar-refractivity contribution >= 4 is 29.9 Å². The summed E-state index contributed by atoms with van der Waals surface area (Å²) in [6.07, 6.45) is 0. The van der Waals surface area contributed by atoms with Crippen LogP contribution in [-0.2, 0) is 6.54 Å². The number of methoxy groups -OCH3 is 3. The Hall–Kier alpha value is -1.38. The highest BCUT2D eigenvalue weighted by Gasteiger charge is 2.13. The molecule has 0 unspecified atom stereocenters. The van der Waals surface area contributed by atoms with Crippen molar-refractivity contribution in [1.29, 1.82) is 0 Å². The van der Waals surface area contributed by atoms with Crippen molar-refractivity contribution in [2.45, 2.75) is 32.9 Å². The van der Waals surface area contributed by atoms with E-state index in [1.165, 1.54) is 0 Å². The van der Waals surface area contributed by atoms with E-state index in [9.17, 15) is 0 Å². The molecule has 7 heteroatoms. The number of hydrogen-bond donors (Lipinski definition) is 2. The fraction of sp³-hybridized carbons (Fsp3) is 0.533. The van der Waals surface area contributed by atoms with Crippen LogP contribution in [-0.4, -0.2) is 32.8 Å². The standard InChI is InChI=1S/C15H25N3O3.HI/c1-15(2,3)18-14(16)17-9-10-7-12(20-5)13(21-6)8-11(10)19-4;/h7-8H,9H2,1-6H3,(H3,16,17,18);1H. The van der Waals surface area contributed by atoms with Gasteiger partial charge in [0.15, 0.2) is 17.5 Å². The van der Waals surface area contributed by atoms with Crippen LogP contribution in [0.15, 0.2) is 17.1 Å². The Balaban J connectivity index is 0.00000441. The number of halogens is 1. The van der Waals surface area contributed by atoms with E-state index in [1.807, 2.05) is 26.8 Å². The van der Waals surface area contributed by atoms with Crippen LogP contribution in [0.5, 0.6) is 17.2 Å². The van der Waals surface area contributed by atoms with Crippen molar-refractivity contribution in [1.82, 2.24) is 5.32 Å². The van der Waals surface area contributed by atoms with Gasteiger partial charge in [0.2, 0.25) is 0 Å². The van der Waals surface area contributed by atoms with Gasteiger partial charge in [-0.3, -0.25) is 0 Å². The largest absolute Gasteiger partial charge is 0.496 e. The number of guanidine groups is 1. The quantitative estimate of drug-likeness (QED) is 0.433. The van der Waals surface area contributed by atoms with Crippen molar-refractivity contribution in [2.24, 2.45) is 10.7 Å². The number of rotatable bonds is 5. The molecule has 0 bridgehead atoms. The van der Waals surface area contributed by atoms with E-state index in [4.69, 9.17) is 19.9 Å². The maximum atomic E-state index is 5.87. The molecule has 0 saturated heterocycles. The summed E-state index contributed by atoms with van der Waals surface area (Å²) in [4.78, 5) is 4.33. The Kier molecular flexibility index (Phi) is 8.36.